The number of aromatic nitrogens is 3. The molecular formula is C13H24N4O. The van der Waals surface area contributed by atoms with Crippen molar-refractivity contribution in [3.8, 4) is 0 Å². The van der Waals surface area contributed by atoms with Gasteiger partial charge in [0.25, 0.3) is 0 Å². The lowest BCUT2D eigenvalue weighted by Crippen LogP contribution is -2.10. The molecule has 0 aliphatic heterocycles. The second-order valence-electron chi connectivity index (χ2n) is 4.30. The molecule has 0 amide bonds. The van der Waals surface area contributed by atoms with Crippen LogP contribution < -0.4 is 5.32 Å². The number of aliphatic hydroxyl groups excluding tert-OH is 1. The largest absolute Gasteiger partial charge is 0.396 e. The zero-order chi connectivity index (χ0) is 13.2. The van der Waals surface area contributed by atoms with E-state index in [1.165, 1.54) is 0 Å². The highest BCUT2D eigenvalue weighted by Gasteiger charge is 2.05. The first kappa shape index (κ1) is 14.8. The van der Waals surface area contributed by atoms with Crippen LogP contribution in [0, 0.1) is 0 Å². The van der Waals surface area contributed by atoms with Gasteiger partial charge in [-0.15, -0.1) is 5.10 Å². The van der Waals surface area contributed by atoms with Crippen LogP contribution in [0.4, 0.5) is 5.95 Å². The predicted octanol–water partition coefficient (Wildman–Crippen LogP) is 1.96. The van der Waals surface area contributed by atoms with Crippen molar-refractivity contribution in [2.75, 3.05) is 18.5 Å². The molecule has 2 N–H and O–H groups in total. The zero-order valence-electron chi connectivity index (χ0n) is 11.4. The summed E-state index contributed by atoms with van der Waals surface area (Å²) in [5.41, 5.74) is 2.03. The number of hydrogen-bond donors (Lipinski definition) is 2. The summed E-state index contributed by atoms with van der Waals surface area (Å²) in [7, 11) is 0. The van der Waals surface area contributed by atoms with Crippen LogP contribution in [0.1, 0.15) is 50.9 Å². The molecule has 0 saturated carbocycles. The van der Waals surface area contributed by atoms with Gasteiger partial charge >= 0.3 is 0 Å². The number of rotatable bonds is 9. The molecule has 0 fully saturated rings. The minimum absolute atomic E-state index is 0.290. The molecule has 0 aliphatic carbocycles. The molecule has 18 heavy (non-hydrogen) atoms. The Kier molecular flexibility index (Phi) is 7.25. The fraction of sp³-hybridized carbons (Fsp3) is 0.769. The summed E-state index contributed by atoms with van der Waals surface area (Å²) in [5.74, 6) is 0.631. The molecule has 102 valence electrons. The molecule has 0 atom stereocenters. The van der Waals surface area contributed by atoms with Gasteiger partial charge in [-0.1, -0.05) is 26.7 Å². The van der Waals surface area contributed by atoms with Gasteiger partial charge in [0, 0.05) is 13.2 Å². The molecule has 1 aromatic rings. The highest BCUT2D eigenvalue weighted by Crippen LogP contribution is 2.07. The van der Waals surface area contributed by atoms with E-state index in [4.69, 9.17) is 5.11 Å². The van der Waals surface area contributed by atoms with E-state index in [-0.39, 0.29) is 0 Å². The van der Waals surface area contributed by atoms with E-state index in [0.29, 0.717) is 12.6 Å². The molecule has 0 spiro atoms. The molecule has 0 bridgehead atoms. The van der Waals surface area contributed by atoms with E-state index in [0.717, 1.165) is 56.5 Å². The van der Waals surface area contributed by atoms with Crippen LogP contribution in [0.3, 0.4) is 0 Å². The van der Waals surface area contributed by atoms with Gasteiger partial charge in [-0.3, -0.25) is 0 Å². The molecule has 1 rings (SSSR count). The third-order valence-corrected chi connectivity index (χ3v) is 2.88. The summed E-state index contributed by atoms with van der Waals surface area (Å²) in [6.07, 6.45) is 5.93. The Balaban J connectivity index is 2.34. The van der Waals surface area contributed by atoms with Gasteiger partial charge in [0.2, 0.25) is 5.95 Å². The summed E-state index contributed by atoms with van der Waals surface area (Å²) in [6, 6.07) is 0. The Bertz CT molecular complexity index is 344. The number of aryl methyl sites for hydroxylation is 2. The summed E-state index contributed by atoms with van der Waals surface area (Å²) >= 11 is 0. The first-order chi connectivity index (χ1) is 8.81. The quantitative estimate of drug-likeness (QED) is 0.657. The number of aliphatic hydroxyl groups is 1. The van der Waals surface area contributed by atoms with Gasteiger partial charge in [-0.25, -0.2) is 4.98 Å². The Labute approximate surface area is 109 Å². The first-order valence-electron chi connectivity index (χ1n) is 6.89. The monoisotopic (exact) mass is 252 g/mol. The molecule has 0 radical (unpaired) electrons. The minimum Gasteiger partial charge on any atom is -0.396 e. The summed E-state index contributed by atoms with van der Waals surface area (Å²) in [4.78, 5) is 4.47. The van der Waals surface area contributed by atoms with Gasteiger partial charge in [0.05, 0.1) is 11.4 Å². The van der Waals surface area contributed by atoms with Crippen LogP contribution in [-0.4, -0.2) is 33.4 Å². The van der Waals surface area contributed by atoms with Crippen molar-refractivity contribution in [1.29, 1.82) is 0 Å². The normalized spacial score (nSPS) is 10.6. The summed E-state index contributed by atoms with van der Waals surface area (Å²) in [5, 5.41) is 20.1. The molecule has 0 aromatic carbocycles. The van der Waals surface area contributed by atoms with E-state index >= 15 is 0 Å². The summed E-state index contributed by atoms with van der Waals surface area (Å²) in [6.45, 7) is 5.31. The maximum Gasteiger partial charge on any atom is 0.242 e. The second kappa shape index (κ2) is 8.80. The molecule has 0 unspecified atom stereocenters. The third kappa shape index (κ3) is 4.96. The molecule has 0 aliphatic rings. The highest BCUT2D eigenvalue weighted by atomic mass is 16.2. The van der Waals surface area contributed by atoms with Crippen LogP contribution in [-0.2, 0) is 12.8 Å². The van der Waals surface area contributed by atoms with Gasteiger partial charge in [-0.05, 0) is 25.7 Å². The SMILES string of the molecule is CCc1nnc(NCCCCCCO)nc1CC. The van der Waals surface area contributed by atoms with Crippen LogP contribution in [0.25, 0.3) is 0 Å². The van der Waals surface area contributed by atoms with Crippen molar-refractivity contribution in [2.45, 2.75) is 52.4 Å². The van der Waals surface area contributed by atoms with Gasteiger partial charge in [0.15, 0.2) is 0 Å². The number of anilines is 1. The fourth-order valence-electron chi connectivity index (χ4n) is 1.80. The van der Waals surface area contributed by atoms with E-state index in [2.05, 4.69) is 34.3 Å². The standard InChI is InChI=1S/C13H24N4O/c1-3-11-12(4-2)16-17-13(15-11)14-9-7-5-6-8-10-18/h18H,3-10H2,1-2H3,(H,14,15,17). The van der Waals surface area contributed by atoms with Crippen molar-refractivity contribution in [1.82, 2.24) is 15.2 Å². The van der Waals surface area contributed by atoms with Gasteiger partial charge in [-0.2, -0.15) is 5.10 Å². The Hall–Kier alpha value is -1.23. The number of nitrogens with zero attached hydrogens (tertiary/aromatic N) is 3. The zero-order valence-corrected chi connectivity index (χ0v) is 11.4. The molecule has 5 heteroatoms. The maximum absolute atomic E-state index is 8.66. The van der Waals surface area contributed by atoms with E-state index < -0.39 is 0 Å². The van der Waals surface area contributed by atoms with Crippen molar-refractivity contribution in [3.63, 3.8) is 0 Å². The molecule has 0 saturated heterocycles. The van der Waals surface area contributed by atoms with Crippen molar-refractivity contribution < 1.29 is 5.11 Å². The van der Waals surface area contributed by atoms with Crippen LogP contribution in [0.15, 0.2) is 0 Å². The van der Waals surface area contributed by atoms with Crippen molar-refractivity contribution >= 4 is 5.95 Å². The highest BCUT2D eigenvalue weighted by molar-refractivity contribution is 5.25. The average Bonchev–Trinajstić information content (AvgIpc) is 2.42. The number of nitrogens with one attached hydrogen (secondary N) is 1. The Morgan fingerprint density at radius 1 is 0.944 bits per heavy atom. The van der Waals surface area contributed by atoms with Crippen LogP contribution in [0.2, 0.25) is 0 Å². The Morgan fingerprint density at radius 2 is 1.67 bits per heavy atom. The van der Waals surface area contributed by atoms with Crippen LogP contribution in [0.5, 0.6) is 0 Å². The third-order valence-electron chi connectivity index (χ3n) is 2.88. The van der Waals surface area contributed by atoms with Gasteiger partial charge < -0.3 is 10.4 Å². The van der Waals surface area contributed by atoms with Crippen molar-refractivity contribution in [3.05, 3.63) is 11.4 Å². The number of hydrogen-bond acceptors (Lipinski definition) is 5. The topological polar surface area (TPSA) is 70.9 Å². The van der Waals surface area contributed by atoms with Crippen LogP contribution >= 0.6 is 0 Å². The molecular weight excluding hydrogens is 228 g/mol. The van der Waals surface area contributed by atoms with E-state index in [1.807, 2.05) is 0 Å². The first-order valence-corrected chi connectivity index (χ1v) is 6.89. The fourth-order valence-corrected chi connectivity index (χ4v) is 1.80. The molecule has 5 nitrogen and oxygen atoms in total. The van der Waals surface area contributed by atoms with E-state index in [9.17, 15) is 0 Å². The molecule has 1 aromatic heterocycles. The average molecular weight is 252 g/mol. The Morgan fingerprint density at radius 3 is 2.33 bits per heavy atom. The van der Waals surface area contributed by atoms with Gasteiger partial charge in [0.1, 0.15) is 0 Å². The molecule has 1 heterocycles. The lowest BCUT2D eigenvalue weighted by atomic mass is 10.2. The minimum atomic E-state index is 0.290. The maximum atomic E-state index is 8.66. The second-order valence-corrected chi connectivity index (χ2v) is 4.30. The smallest absolute Gasteiger partial charge is 0.242 e. The predicted molar refractivity (Wildman–Crippen MR) is 72.6 cm³/mol. The van der Waals surface area contributed by atoms with Crippen molar-refractivity contribution in [2.24, 2.45) is 0 Å². The summed E-state index contributed by atoms with van der Waals surface area (Å²) < 4.78 is 0. The number of unbranched alkanes of at least 4 members (excludes halogenated alkanes) is 3. The lowest BCUT2D eigenvalue weighted by molar-refractivity contribution is 0.283. The lowest BCUT2D eigenvalue weighted by Gasteiger charge is -2.07. The van der Waals surface area contributed by atoms with E-state index in [1.54, 1.807) is 0 Å².